The highest BCUT2D eigenvalue weighted by Crippen LogP contribution is 2.45. The van der Waals surface area contributed by atoms with Crippen LogP contribution in [0, 0.1) is 5.41 Å². The molecular weight excluding hydrogens is 246 g/mol. The quantitative estimate of drug-likeness (QED) is 0.858. The smallest absolute Gasteiger partial charge is 0.0499 e. The molecule has 3 rings (SSSR count). The lowest BCUT2D eigenvalue weighted by molar-refractivity contribution is 0.190. The molecule has 3 heteroatoms. The summed E-state index contributed by atoms with van der Waals surface area (Å²) in [4.78, 5) is 0. The Bertz CT molecular complexity index is 407. The van der Waals surface area contributed by atoms with Gasteiger partial charge in [0, 0.05) is 29.6 Å². The van der Waals surface area contributed by atoms with Crippen LogP contribution in [0.5, 0.6) is 0 Å². The van der Waals surface area contributed by atoms with E-state index in [0.717, 1.165) is 11.6 Å². The van der Waals surface area contributed by atoms with Crippen molar-refractivity contribution in [2.45, 2.75) is 37.6 Å². The SMILES string of the molecule is OCC1(CNC2CC(c3ccc(Cl)cc3)C2)CC1. The van der Waals surface area contributed by atoms with Gasteiger partial charge in [-0.2, -0.15) is 0 Å². The Morgan fingerprint density at radius 1 is 1.22 bits per heavy atom. The van der Waals surface area contributed by atoms with E-state index in [1.807, 2.05) is 12.1 Å². The minimum atomic E-state index is 0.228. The summed E-state index contributed by atoms with van der Waals surface area (Å²) in [5.41, 5.74) is 1.63. The Hall–Kier alpha value is -0.570. The van der Waals surface area contributed by atoms with Gasteiger partial charge >= 0.3 is 0 Å². The zero-order valence-electron chi connectivity index (χ0n) is 10.5. The third-order valence-corrected chi connectivity index (χ3v) is 4.79. The number of hydrogen-bond acceptors (Lipinski definition) is 2. The van der Waals surface area contributed by atoms with E-state index in [4.69, 9.17) is 11.6 Å². The van der Waals surface area contributed by atoms with Crippen LogP contribution in [0.25, 0.3) is 0 Å². The molecule has 0 aromatic heterocycles. The molecule has 0 heterocycles. The molecule has 2 aliphatic rings. The van der Waals surface area contributed by atoms with Crippen LogP contribution in [0.15, 0.2) is 24.3 Å². The van der Waals surface area contributed by atoms with Gasteiger partial charge in [0.15, 0.2) is 0 Å². The Morgan fingerprint density at radius 3 is 2.44 bits per heavy atom. The van der Waals surface area contributed by atoms with Crippen molar-refractivity contribution in [2.24, 2.45) is 5.41 Å². The van der Waals surface area contributed by atoms with Gasteiger partial charge in [-0.3, -0.25) is 0 Å². The number of nitrogens with one attached hydrogen (secondary N) is 1. The molecule has 2 saturated carbocycles. The lowest BCUT2D eigenvalue weighted by Crippen LogP contribution is -2.43. The number of hydrogen-bond donors (Lipinski definition) is 2. The van der Waals surface area contributed by atoms with E-state index in [0.29, 0.717) is 18.6 Å². The summed E-state index contributed by atoms with van der Waals surface area (Å²) in [6.07, 6.45) is 4.79. The van der Waals surface area contributed by atoms with Crippen molar-refractivity contribution in [3.8, 4) is 0 Å². The summed E-state index contributed by atoms with van der Waals surface area (Å²) >= 11 is 5.89. The molecule has 0 amide bonds. The normalized spacial score (nSPS) is 28.8. The van der Waals surface area contributed by atoms with Crippen molar-refractivity contribution in [3.05, 3.63) is 34.9 Å². The van der Waals surface area contributed by atoms with Crippen molar-refractivity contribution in [2.75, 3.05) is 13.2 Å². The third kappa shape index (κ3) is 2.56. The van der Waals surface area contributed by atoms with Crippen molar-refractivity contribution >= 4 is 11.6 Å². The molecule has 2 nitrogen and oxygen atoms in total. The summed E-state index contributed by atoms with van der Waals surface area (Å²) < 4.78 is 0. The highest BCUT2D eigenvalue weighted by atomic mass is 35.5. The van der Waals surface area contributed by atoms with E-state index < -0.39 is 0 Å². The molecule has 0 radical (unpaired) electrons. The lowest BCUT2D eigenvalue weighted by atomic mass is 9.76. The molecule has 0 aliphatic heterocycles. The second-order valence-corrected chi connectivity index (χ2v) is 6.39. The minimum Gasteiger partial charge on any atom is -0.396 e. The van der Waals surface area contributed by atoms with Crippen LogP contribution in [-0.4, -0.2) is 24.3 Å². The molecule has 2 N–H and O–H groups in total. The zero-order valence-corrected chi connectivity index (χ0v) is 11.3. The van der Waals surface area contributed by atoms with Gasteiger partial charge in [0.05, 0.1) is 0 Å². The predicted octanol–water partition coefficient (Wildman–Crippen LogP) is 2.95. The predicted molar refractivity (Wildman–Crippen MR) is 74.0 cm³/mol. The minimum absolute atomic E-state index is 0.228. The van der Waals surface area contributed by atoms with Crippen LogP contribution < -0.4 is 5.32 Å². The third-order valence-electron chi connectivity index (χ3n) is 4.54. The molecule has 98 valence electrons. The first-order valence-corrected chi connectivity index (χ1v) is 7.18. The largest absolute Gasteiger partial charge is 0.396 e. The highest BCUT2D eigenvalue weighted by Gasteiger charge is 2.42. The maximum absolute atomic E-state index is 9.26. The first-order valence-electron chi connectivity index (χ1n) is 6.80. The average molecular weight is 266 g/mol. The second kappa shape index (κ2) is 4.84. The zero-order chi connectivity index (χ0) is 12.6. The van der Waals surface area contributed by atoms with Crippen LogP contribution >= 0.6 is 11.6 Å². The maximum atomic E-state index is 9.26. The first-order chi connectivity index (χ1) is 8.71. The molecule has 0 spiro atoms. The van der Waals surface area contributed by atoms with Crippen LogP contribution in [0.4, 0.5) is 0 Å². The number of aliphatic hydroxyl groups excluding tert-OH is 1. The van der Waals surface area contributed by atoms with E-state index in [-0.39, 0.29) is 5.41 Å². The molecule has 0 bridgehead atoms. The Balaban J connectivity index is 1.44. The molecule has 0 unspecified atom stereocenters. The summed E-state index contributed by atoms with van der Waals surface area (Å²) in [6.45, 7) is 1.33. The van der Waals surface area contributed by atoms with Crippen molar-refractivity contribution in [1.29, 1.82) is 0 Å². The monoisotopic (exact) mass is 265 g/mol. The maximum Gasteiger partial charge on any atom is 0.0499 e. The Morgan fingerprint density at radius 2 is 1.89 bits per heavy atom. The number of benzene rings is 1. The standard InChI is InChI=1S/C15H20ClNO/c16-13-3-1-11(2-4-13)12-7-14(8-12)17-9-15(10-18)5-6-15/h1-4,12,14,17-18H,5-10H2. The van der Waals surface area contributed by atoms with Crippen molar-refractivity contribution in [3.63, 3.8) is 0 Å². The number of rotatable bonds is 5. The Labute approximate surface area is 113 Å². The van der Waals surface area contributed by atoms with Crippen LogP contribution in [0.1, 0.15) is 37.2 Å². The average Bonchev–Trinajstić information content (AvgIpc) is 3.10. The molecule has 0 atom stereocenters. The number of halogens is 1. The fourth-order valence-electron chi connectivity index (χ4n) is 2.72. The summed E-state index contributed by atoms with van der Waals surface area (Å²) in [5, 5.41) is 13.7. The van der Waals surface area contributed by atoms with Crippen molar-refractivity contribution in [1.82, 2.24) is 5.32 Å². The highest BCUT2D eigenvalue weighted by molar-refractivity contribution is 6.30. The molecule has 2 aliphatic carbocycles. The lowest BCUT2D eigenvalue weighted by Gasteiger charge is -2.37. The fourth-order valence-corrected chi connectivity index (χ4v) is 2.85. The van der Waals surface area contributed by atoms with Gasteiger partial charge in [0.25, 0.3) is 0 Å². The molecule has 1 aromatic carbocycles. The first kappa shape index (κ1) is 12.5. The van der Waals surface area contributed by atoms with E-state index in [1.54, 1.807) is 0 Å². The number of aliphatic hydroxyl groups is 1. The van der Waals surface area contributed by atoms with E-state index in [9.17, 15) is 5.11 Å². The summed E-state index contributed by atoms with van der Waals surface area (Å²) in [5.74, 6) is 0.684. The van der Waals surface area contributed by atoms with Gasteiger partial charge < -0.3 is 10.4 Å². The topological polar surface area (TPSA) is 32.3 Å². The van der Waals surface area contributed by atoms with Crippen LogP contribution in [0.2, 0.25) is 5.02 Å². The van der Waals surface area contributed by atoms with Gasteiger partial charge in [-0.1, -0.05) is 23.7 Å². The van der Waals surface area contributed by atoms with Gasteiger partial charge in [0.2, 0.25) is 0 Å². The summed E-state index contributed by atoms with van der Waals surface area (Å²) in [7, 11) is 0. The fraction of sp³-hybridized carbons (Fsp3) is 0.600. The van der Waals surface area contributed by atoms with E-state index in [2.05, 4.69) is 17.4 Å². The van der Waals surface area contributed by atoms with E-state index >= 15 is 0 Å². The molecule has 2 fully saturated rings. The van der Waals surface area contributed by atoms with Crippen molar-refractivity contribution < 1.29 is 5.11 Å². The van der Waals surface area contributed by atoms with E-state index in [1.165, 1.54) is 31.2 Å². The van der Waals surface area contributed by atoms with Gasteiger partial charge in [0.1, 0.15) is 0 Å². The molecule has 1 aromatic rings. The van der Waals surface area contributed by atoms with Gasteiger partial charge in [-0.15, -0.1) is 0 Å². The van der Waals surface area contributed by atoms with Gasteiger partial charge in [-0.25, -0.2) is 0 Å². The van der Waals surface area contributed by atoms with Crippen LogP contribution in [0.3, 0.4) is 0 Å². The summed E-state index contributed by atoms with van der Waals surface area (Å²) in [6, 6.07) is 8.86. The second-order valence-electron chi connectivity index (χ2n) is 5.96. The van der Waals surface area contributed by atoms with Gasteiger partial charge in [-0.05, 0) is 49.3 Å². The molecule has 18 heavy (non-hydrogen) atoms. The molecule has 0 saturated heterocycles. The Kier molecular flexibility index (Phi) is 3.35. The van der Waals surface area contributed by atoms with Crippen LogP contribution in [-0.2, 0) is 0 Å². The molecular formula is C15H20ClNO.